The van der Waals surface area contributed by atoms with Crippen molar-refractivity contribution < 1.29 is 0 Å². The Balaban J connectivity index is 2.76. The van der Waals surface area contributed by atoms with Crippen molar-refractivity contribution in [2.45, 2.75) is 0 Å². The van der Waals surface area contributed by atoms with Gasteiger partial charge in [-0.2, -0.15) is 0 Å². The molecule has 0 saturated heterocycles. The molecule has 0 radical (unpaired) electrons. The van der Waals surface area contributed by atoms with Gasteiger partial charge >= 0.3 is 0 Å². The highest BCUT2D eigenvalue weighted by Gasteiger charge is 1.78. The first-order valence-corrected chi connectivity index (χ1v) is 5.84. The van der Waals surface area contributed by atoms with Gasteiger partial charge in [-0.3, -0.25) is 0 Å². The van der Waals surface area contributed by atoms with E-state index in [-0.39, 0.29) is 0 Å². The standard InChI is InChI=1S/C3H4IN2P/c4-7-6-2-1-5-3-6/h1-3,7H. The van der Waals surface area contributed by atoms with Crippen LogP contribution in [0.2, 0.25) is 0 Å². The smallest absolute Gasteiger partial charge is 0.0983 e. The number of nitrogens with zero attached hydrogens (tertiary/aromatic N) is 2. The summed E-state index contributed by atoms with van der Waals surface area (Å²) in [5.41, 5.74) is 0. The fourth-order valence-corrected chi connectivity index (χ4v) is 1.40. The van der Waals surface area contributed by atoms with Crippen LogP contribution < -0.4 is 0 Å². The average Bonchev–Trinajstić information content (AvgIpc) is 2.14. The first-order valence-electron chi connectivity index (χ1n) is 1.78. The van der Waals surface area contributed by atoms with Gasteiger partial charge in [0.05, 0.1) is 6.33 Å². The molecule has 1 atom stereocenters. The van der Waals surface area contributed by atoms with Crippen LogP contribution in [0.1, 0.15) is 0 Å². The van der Waals surface area contributed by atoms with Gasteiger partial charge in [-0.1, -0.05) is 0 Å². The Hall–Kier alpha value is 0.370. The molecule has 4 heteroatoms. The topological polar surface area (TPSA) is 17.8 Å². The third-order valence-corrected chi connectivity index (χ3v) is 2.73. The predicted molar refractivity (Wildman–Crippen MR) is 40.0 cm³/mol. The van der Waals surface area contributed by atoms with E-state index in [0.29, 0.717) is 0 Å². The molecule has 0 N–H and O–H groups in total. The molecular weight excluding hydrogens is 222 g/mol. The van der Waals surface area contributed by atoms with Crippen molar-refractivity contribution in [3.8, 4) is 0 Å². The van der Waals surface area contributed by atoms with Crippen LogP contribution in [-0.2, 0) is 0 Å². The lowest BCUT2D eigenvalue weighted by Gasteiger charge is -1.85. The fourth-order valence-electron chi connectivity index (χ4n) is 0.309. The molecule has 1 aromatic heterocycles. The molecule has 0 spiro atoms. The van der Waals surface area contributed by atoms with Crippen molar-refractivity contribution in [2.24, 2.45) is 0 Å². The van der Waals surface area contributed by atoms with E-state index in [0.717, 1.165) is 6.37 Å². The van der Waals surface area contributed by atoms with Crippen LogP contribution in [0.5, 0.6) is 0 Å². The molecule has 2 nitrogen and oxygen atoms in total. The maximum Gasteiger partial charge on any atom is 0.0983 e. The monoisotopic (exact) mass is 226 g/mol. The lowest BCUT2D eigenvalue weighted by Crippen LogP contribution is -1.66. The van der Waals surface area contributed by atoms with E-state index < -0.39 is 0 Å². The number of halogens is 1. The average molecular weight is 226 g/mol. The Bertz CT molecular complexity index is 127. The van der Waals surface area contributed by atoms with E-state index in [2.05, 4.69) is 27.0 Å². The summed E-state index contributed by atoms with van der Waals surface area (Å²) in [6.45, 7) is 0. The summed E-state index contributed by atoms with van der Waals surface area (Å²) in [5.74, 6) is 0. The number of rotatable bonds is 1. The summed E-state index contributed by atoms with van der Waals surface area (Å²) in [7, 11) is 0. The molecule has 1 aromatic rings. The third-order valence-electron chi connectivity index (χ3n) is 0.602. The zero-order chi connectivity index (χ0) is 5.11. The van der Waals surface area contributed by atoms with Crippen molar-refractivity contribution in [1.29, 1.82) is 0 Å². The van der Waals surface area contributed by atoms with Crippen molar-refractivity contribution in [2.75, 3.05) is 0 Å². The van der Waals surface area contributed by atoms with Crippen molar-refractivity contribution in [3.05, 3.63) is 18.7 Å². The molecular formula is C3H4IN2P. The zero-order valence-electron chi connectivity index (χ0n) is 3.50. The Labute approximate surface area is 56.6 Å². The van der Waals surface area contributed by atoms with Gasteiger partial charge in [-0.15, -0.1) is 0 Å². The predicted octanol–water partition coefficient (Wildman–Crippen LogP) is 1.67. The molecule has 0 fully saturated rings. The molecule has 0 amide bonds. The van der Waals surface area contributed by atoms with Gasteiger partial charge in [0.2, 0.25) is 0 Å². The molecule has 0 bridgehead atoms. The molecule has 38 valence electrons. The number of hydrogen-bond acceptors (Lipinski definition) is 1. The van der Waals surface area contributed by atoms with Gasteiger partial charge in [-0.05, 0) is 22.0 Å². The van der Waals surface area contributed by atoms with Gasteiger partial charge in [0.15, 0.2) is 0 Å². The Morgan fingerprint density at radius 2 is 2.57 bits per heavy atom. The first kappa shape index (κ1) is 5.51. The molecule has 1 heterocycles. The van der Waals surface area contributed by atoms with E-state index in [1.165, 1.54) is 0 Å². The minimum atomic E-state index is 0.779. The minimum absolute atomic E-state index is 0.779. The molecule has 0 aliphatic heterocycles. The minimum Gasteiger partial charge on any atom is -0.309 e. The van der Waals surface area contributed by atoms with Crippen LogP contribution in [0, 0.1) is 0 Å². The Kier molecular flexibility index (Phi) is 2.06. The van der Waals surface area contributed by atoms with E-state index >= 15 is 0 Å². The lowest BCUT2D eigenvalue weighted by atomic mass is 11.0. The molecule has 0 aliphatic rings. The Morgan fingerprint density at radius 3 is 2.86 bits per heavy atom. The summed E-state index contributed by atoms with van der Waals surface area (Å²) in [6, 6.07) is 0. The van der Waals surface area contributed by atoms with Gasteiger partial charge in [-0.25, -0.2) is 4.98 Å². The molecule has 1 unspecified atom stereocenters. The highest BCUT2D eigenvalue weighted by atomic mass is 127. The highest BCUT2D eigenvalue weighted by Crippen LogP contribution is 2.21. The second-order valence-corrected chi connectivity index (χ2v) is 3.19. The SMILES string of the molecule is IPn1ccnc1. The maximum atomic E-state index is 3.86. The van der Waals surface area contributed by atoms with Gasteiger partial charge in [0, 0.05) is 18.8 Å². The van der Waals surface area contributed by atoms with Crippen LogP contribution in [0.25, 0.3) is 0 Å². The van der Waals surface area contributed by atoms with Crippen molar-refractivity contribution in [3.63, 3.8) is 0 Å². The van der Waals surface area contributed by atoms with Crippen LogP contribution in [0.3, 0.4) is 0 Å². The van der Waals surface area contributed by atoms with Crippen molar-refractivity contribution in [1.82, 2.24) is 9.32 Å². The third kappa shape index (κ3) is 1.39. The van der Waals surface area contributed by atoms with Crippen LogP contribution >= 0.6 is 28.4 Å². The fraction of sp³-hybridized carbons (Fsp3) is 0. The van der Waals surface area contributed by atoms with Crippen LogP contribution in [0.4, 0.5) is 0 Å². The second kappa shape index (κ2) is 2.62. The quantitative estimate of drug-likeness (QED) is 0.526. The van der Waals surface area contributed by atoms with E-state index in [4.69, 9.17) is 0 Å². The van der Waals surface area contributed by atoms with Crippen LogP contribution in [-0.4, -0.2) is 9.32 Å². The molecule has 7 heavy (non-hydrogen) atoms. The maximum absolute atomic E-state index is 3.86. The number of aromatic nitrogens is 2. The van der Waals surface area contributed by atoms with Crippen LogP contribution in [0.15, 0.2) is 18.7 Å². The molecule has 0 saturated carbocycles. The summed E-state index contributed by atoms with van der Waals surface area (Å²) in [6.07, 6.45) is 6.32. The summed E-state index contributed by atoms with van der Waals surface area (Å²) in [5, 5.41) is 0. The zero-order valence-corrected chi connectivity index (χ0v) is 6.66. The largest absolute Gasteiger partial charge is 0.309 e. The molecule has 0 aromatic carbocycles. The first-order chi connectivity index (χ1) is 3.43. The van der Waals surface area contributed by atoms with E-state index in [1.807, 2.05) is 16.9 Å². The normalized spacial score (nSPS) is 11.0. The second-order valence-electron chi connectivity index (χ2n) is 1.05. The van der Waals surface area contributed by atoms with Crippen molar-refractivity contribution >= 4 is 28.4 Å². The molecule has 0 aliphatic carbocycles. The van der Waals surface area contributed by atoms with Gasteiger partial charge in [0.25, 0.3) is 0 Å². The highest BCUT2D eigenvalue weighted by molar-refractivity contribution is 14.2. The van der Waals surface area contributed by atoms with E-state index in [1.54, 1.807) is 6.20 Å². The molecule has 1 rings (SSSR count). The Morgan fingerprint density at radius 1 is 1.71 bits per heavy atom. The van der Waals surface area contributed by atoms with Gasteiger partial charge < -0.3 is 4.34 Å². The van der Waals surface area contributed by atoms with Gasteiger partial charge in [0.1, 0.15) is 0 Å². The van der Waals surface area contributed by atoms with E-state index in [9.17, 15) is 0 Å². The summed E-state index contributed by atoms with van der Waals surface area (Å²) in [4.78, 5) is 3.86. The summed E-state index contributed by atoms with van der Waals surface area (Å²) < 4.78 is 2.03. The summed E-state index contributed by atoms with van der Waals surface area (Å²) >= 11 is 2.30. The lowest BCUT2D eigenvalue weighted by molar-refractivity contribution is 1.23. The number of hydrogen-bond donors (Lipinski definition) is 0. The number of imidazole rings is 1.